The van der Waals surface area contributed by atoms with Gasteiger partial charge in [-0.25, -0.2) is 4.79 Å². The van der Waals surface area contributed by atoms with Crippen molar-refractivity contribution in [3.8, 4) is 23.0 Å². The van der Waals surface area contributed by atoms with Gasteiger partial charge in [-0.1, -0.05) is 35.3 Å². The number of ketones is 1. The second-order valence-electron chi connectivity index (χ2n) is 9.83. The molecule has 0 N–H and O–H groups in total. The molecule has 1 fully saturated rings. The molecule has 1 unspecified atom stereocenters. The molecule has 0 bridgehead atoms. The lowest BCUT2D eigenvalue weighted by Gasteiger charge is -2.27. The van der Waals surface area contributed by atoms with Crippen LogP contribution in [0.1, 0.15) is 66.1 Å². The maximum Gasteiger partial charge on any atom is 0.347 e. The van der Waals surface area contributed by atoms with Crippen LogP contribution < -0.4 is 18.9 Å². The minimum absolute atomic E-state index is 0.00586. The lowest BCUT2D eigenvalue weighted by atomic mass is 9.96. The fraction of sp³-hybridized carbons (Fsp3) is 0.533. The summed E-state index contributed by atoms with van der Waals surface area (Å²) >= 11 is 3.27. The molecule has 0 radical (unpaired) electrons. The molecule has 4 rings (SSSR count). The van der Waals surface area contributed by atoms with E-state index in [2.05, 4.69) is 22.9 Å². The Kier molecular flexibility index (Phi) is 9.94. The van der Waals surface area contributed by atoms with Gasteiger partial charge in [0.15, 0.2) is 11.9 Å². The van der Waals surface area contributed by atoms with Crippen molar-refractivity contribution >= 4 is 27.7 Å². The summed E-state index contributed by atoms with van der Waals surface area (Å²) in [5, 5.41) is 0.251. The van der Waals surface area contributed by atoms with Crippen molar-refractivity contribution in [1.82, 2.24) is 0 Å². The number of ether oxygens (including phenoxy) is 5. The number of benzene rings is 2. The molecule has 0 aromatic heterocycles. The zero-order valence-corrected chi connectivity index (χ0v) is 24.1. The molecule has 1 atom stereocenters. The third kappa shape index (κ3) is 6.63. The molecule has 2 aromatic rings. The lowest BCUT2D eigenvalue weighted by Crippen LogP contribution is -2.32. The standard InChI is InChI=1S/C30H37BrO7/c1-4-6-22-25(12-9-20-10-13-27(30(33)35-3)38-28(20)22)36-15-5-16-37-26-14-11-21(24(32)18-31)29(34-2)23(26)17-19-7-8-19/h9,11-12,14,19,27H,4-8,10,13,15-18H2,1-3H3. The van der Waals surface area contributed by atoms with Crippen LogP contribution in [0.25, 0.3) is 0 Å². The zero-order valence-electron chi connectivity index (χ0n) is 22.5. The summed E-state index contributed by atoms with van der Waals surface area (Å²) in [5.74, 6) is 3.20. The highest BCUT2D eigenvalue weighted by Crippen LogP contribution is 2.41. The summed E-state index contributed by atoms with van der Waals surface area (Å²) in [6.45, 7) is 3.06. The predicted octanol–water partition coefficient (Wildman–Crippen LogP) is 5.89. The van der Waals surface area contributed by atoms with E-state index in [4.69, 9.17) is 23.7 Å². The van der Waals surface area contributed by atoms with Crippen LogP contribution in [-0.4, -0.2) is 50.6 Å². The van der Waals surface area contributed by atoms with Crippen molar-refractivity contribution in [2.45, 2.75) is 64.4 Å². The highest BCUT2D eigenvalue weighted by Gasteiger charge is 2.30. The number of halogens is 1. The van der Waals surface area contributed by atoms with E-state index in [1.54, 1.807) is 13.2 Å². The number of carbonyl (C=O) groups is 2. The molecule has 1 aliphatic heterocycles. The monoisotopic (exact) mass is 588 g/mol. The summed E-state index contributed by atoms with van der Waals surface area (Å²) in [6, 6.07) is 7.70. The Hall–Kier alpha value is -2.74. The van der Waals surface area contributed by atoms with Crippen molar-refractivity contribution in [3.05, 3.63) is 46.5 Å². The average molecular weight is 590 g/mol. The van der Waals surface area contributed by atoms with Crippen LogP contribution in [0.4, 0.5) is 0 Å². The van der Waals surface area contributed by atoms with Gasteiger partial charge in [-0.3, -0.25) is 4.79 Å². The molecule has 206 valence electrons. The maximum atomic E-state index is 12.4. The van der Waals surface area contributed by atoms with Gasteiger partial charge in [-0.15, -0.1) is 0 Å². The van der Waals surface area contributed by atoms with Crippen LogP contribution in [0.2, 0.25) is 0 Å². The van der Waals surface area contributed by atoms with Gasteiger partial charge in [-0.2, -0.15) is 0 Å². The third-order valence-electron chi connectivity index (χ3n) is 7.04. The Bertz CT molecular complexity index is 1140. The molecule has 1 saturated carbocycles. The van der Waals surface area contributed by atoms with E-state index in [1.165, 1.54) is 20.0 Å². The van der Waals surface area contributed by atoms with E-state index in [0.717, 1.165) is 59.6 Å². The van der Waals surface area contributed by atoms with Crippen LogP contribution in [0.3, 0.4) is 0 Å². The van der Waals surface area contributed by atoms with Crippen molar-refractivity contribution in [2.24, 2.45) is 5.92 Å². The number of Topliss-reactive ketones (excluding diaryl/α,β-unsaturated/α-hetero) is 1. The normalized spacial score (nSPS) is 16.3. The second-order valence-corrected chi connectivity index (χ2v) is 10.4. The molecule has 1 aliphatic carbocycles. The van der Waals surface area contributed by atoms with E-state index >= 15 is 0 Å². The predicted molar refractivity (Wildman–Crippen MR) is 148 cm³/mol. The van der Waals surface area contributed by atoms with Crippen molar-refractivity contribution in [3.63, 3.8) is 0 Å². The van der Waals surface area contributed by atoms with Gasteiger partial charge < -0.3 is 23.7 Å². The molecular formula is C30H37BrO7. The number of methoxy groups -OCH3 is 2. The zero-order chi connectivity index (χ0) is 27.1. The van der Waals surface area contributed by atoms with Gasteiger partial charge in [0.25, 0.3) is 0 Å². The Morgan fingerprint density at radius 1 is 1.00 bits per heavy atom. The largest absolute Gasteiger partial charge is 0.496 e. The molecule has 7 nitrogen and oxygen atoms in total. The van der Waals surface area contributed by atoms with E-state index in [0.29, 0.717) is 43.3 Å². The first kappa shape index (κ1) is 28.3. The third-order valence-corrected chi connectivity index (χ3v) is 7.55. The van der Waals surface area contributed by atoms with Gasteiger partial charge in [0.05, 0.1) is 38.3 Å². The topological polar surface area (TPSA) is 80.3 Å². The first-order valence-electron chi connectivity index (χ1n) is 13.4. The Morgan fingerprint density at radius 2 is 1.71 bits per heavy atom. The minimum Gasteiger partial charge on any atom is -0.496 e. The molecule has 8 heteroatoms. The van der Waals surface area contributed by atoms with Crippen LogP contribution in [-0.2, 0) is 28.8 Å². The Morgan fingerprint density at radius 3 is 2.34 bits per heavy atom. The summed E-state index contributed by atoms with van der Waals surface area (Å²) in [6.07, 6.45) is 6.45. The Balaban J connectivity index is 1.40. The van der Waals surface area contributed by atoms with Crippen LogP contribution in [0.15, 0.2) is 24.3 Å². The number of esters is 1. The van der Waals surface area contributed by atoms with E-state index < -0.39 is 6.10 Å². The molecule has 2 aliphatic rings. The van der Waals surface area contributed by atoms with E-state index in [-0.39, 0.29) is 17.1 Å². The Labute approximate surface area is 233 Å². The summed E-state index contributed by atoms with van der Waals surface area (Å²) < 4.78 is 29.0. The highest BCUT2D eigenvalue weighted by atomic mass is 79.9. The number of aryl methyl sites for hydroxylation is 1. The van der Waals surface area contributed by atoms with Gasteiger partial charge in [0.2, 0.25) is 0 Å². The number of alkyl halides is 1. The van der Waals surface area contributed by atoms with Crippen LogP contribution >= 0.6 is 15.9 Å². The summed E-state index contributed by atoms with van der Waals surface area (Å²) in [5.41, 5.74) is 3.66. The van der Waals surface area contributed by atoms with Gasteiger partial charge in [0.1, 0.15) is 23.0 Å². The first-order valence-corrected chi connectivity index (χ1v) is 14.6. The van der Waals surface area contributed by atoms with Crippen molar-refractivity contribution < 1.29 is 33.3 Å². The van der Waals surface area contributed by atoms with Gasteiger partial charge in [-0.05, 0) is 68.2 Å². The molecule has 38 heavy (non-hydrogen) atoms. The molecular weight excluding hydrogens is 552 g/mol. The van der Waals surface area contributed by atoms with Crippen molar-refractivity contribution in [1.29, 1.82) is 0 Å². The maximum absolute atomic E-state index is 12.4. The summed E-state index contributed by atoms with van der Waals surface area (Å²) in [7, 11) is 3.00. The summed E-state index contributed by atoms with van der Waals surface area (Å²) in [4.78, 5) is 24.5. The SMILES string of the molecule is CCCc1c(OCCCOc2ccc(C(=O)CBr)c(OC)c2CC2CC2)ccc2c1OC(C(=O)OC)CC2. The number of hydrogen-bond donors (Lipinski definition) is 0. The fourth-order valence-corrected chi connectivity index (χ4v) is 5.21. The van der Waals surface area contributed by atoms with E-state index in [9.17, 15) is 9.59 Å². The number of rotatable bonds is 14. The highest BCUT2D eigenvalue weighted by molar-refractivity contribution is 9.09. The quantitative estimate of drug-likeness (QED) is 0.118. The van der Waals surface area contributed by atoms with Crippen LogP contribution in [0.5, 0.6) is 23.0 Å². The van der Waals surface area contributed by atoms with Gasteiger partial charge >= 0.3 is 5.97 Å². The first-order chi connectivity index (χ1) is 18.5. The fourth-order valence-electron chi connectivity index (χ4n) is 4.91. The average Bonchev–Trinajstić information content (AvgIpc) is 3.77. The van der Waals surface area contributed by atoms with Crippen molar-refractivity contribution in [2.75, 3.05) is 32.8 Å². The molecule has 2 aromatic carbocycles. The molecule has 0 spiro atoms. The van der Waals surface area contributed by atoms with Gasteiger partial charge in [0, 0.05) is 17.5 Å². The number of carbonyl (C=O) groups excluding carboxylic acids is 2. The number of fused-ring (bicyclic) bond motifs is 1. The molecule has 1 heterocycles. The molecule has 0 saturated heterocycles. The smallest absolute Gasteiger partial charge is 0.347 e. The number of hydrogen-bond acceptors (Lipinski definition) is 7. The minimum atomic E-state index is -0.579. The van der Waals surface area contributed by atoms with Crippen LogP contribution in [0, 0.1) is 5.92 Å². The molecule has 0 amide bonds. The lowest BCUT2D eigenvalue weighted by molar-refractivity contribution is -0.149. The second kappa shape index (κ2) is 13.4. The van der Waals surface area contributed by atoms with E-state index in [1.807, 2.05) is 18.2 Å².